The molecule has 5 nitrogen and oxygen atoms in total. The van der Waals surface area contributed by atoms with Crippen LogP contribution in [-0.4, -0.2) is 35.1 Å². The number of nitrogens with one attached hydrogen (secondary N) is 1. The van der Waals surface area contributed by atoms with Crippen LogP contribution in [0.15, 0.2) is 35.4 Å². The highest BCUT2D eigenvalue weighted by molar-refractivity contribution is 6.04. The van der Waals surface area contributed by atoms with Gasteiger partial charge in [0.05, 0.1) is 12.3 Å². The molecular weight excluding hydrogens is 266 g/mol. The van der Waals surface area contributed by atoms with Gasteiger partial charge in [-0.25, -0.2) is 5.01 Å². The fourth-order valence-electron chi connectivity index (χ4n) is 2.35. The number of hydrazone groups is 1. The maximum Gasteiger partial charge on any atom is 0.243 e. The maximum atomic E-state index is 11.9. The highest BCUT2D eigenvalue weighted by Gasteiger charge is 2.25. The van der Waals surface area contributed by atoms with Crippen LogP contribution < -0.4 is 5.32 Å². The van der Waals surface area contributed by atoms with E-state index in [1.165, 1.54) is 5.01 Å². The number of amides is 2. The summed E-state index contributed by atoms with van der Waals surface area (Å²) in [5, 5.41) is 8.79. The molecule has 0 spiro atoms. The molecule has 3 rings (SSSR count). The van der Waals surface area contributed by atoms with E-state index in [0.717, 1.165) is 24.1 Å². The van der Waals surface area contributed by atoms with Crippen LogP contribution in [-0.2, 0) is 9.59 Å². The van der Waals surface area contributed by atoms with Crippen molar-refractivity contribution in [3.05, 3.63) is 35.9 Å². The van der Waals surface area contributed by atoms with Crippen molar-refractivity contribution in [1.82, 2.24) is 10.3 Å². The highest BCUT2D eigenvalue weighted by Crippen LogP contribution is 2.19. The first-order valence-corrected chi connectivity index (χ1v) is 7.45. The van der Waals surface area contributed by atoms with Crippen LogP contribution in [0.5, 0.6) is 0 Å². The number of carbonyl (C=O) groups excluding carboxylic acids is 2. The zero-order valence-electron chi connectivity index (χ0n) is 11.9. The molecule has 1 aliphatic heterocycles. The van der Waals surface area contributed by atoms with E-state index in [2.05, 4.69) is 10.4 Å². The van der Waals surface area contributed by atoms with Gasteiger partial charge in [0, 0.05) is 25.3 Å². The van der Waals surface area contributed by atoms with Crippen LogP contribution in [0.1, 0.15) is 37.7 Å². The van der Waals surface area contributed by atoms with E-state index in [1.807, 2.05) is 30.3 Å². The van der Waals surface area contributed by atoms with Gasteiger partial charge >= 0.3 is 0 Å². The van der Waals surface area contributed by atoms with Crippen LogP contribution in [0.4, 0.5) is 0 Å². The first-order chi connectivity index (χ1) is 10.2. The Morgan fingerprint density at radius 2 is 2.00 bits per heavy atom. The second-order valence-corrected chi connectivity index (χ2v) is 5.52. The predicted molar refractivity (Wildman–Crippen MR) is 79.7 cm³/mol. The highest BCUT2D eigenvalue weighted by atomic mass is 16.2. The normalized spacial score (nSPS) is 18.4. The number of rotatable bonds is 5. The van der Waals surface area contributed by atoms with Crippen LogP contribution in [0.2, 0.25) is 0 Å². The summed E-state index contributed by atoms with van der Waals surface area (Å²) < 4.78 is 0. The molecule has 1 N–H and O–H groups in total. The van der Waals surface area contributed by atoms with Gasteiger partial charge in [0.2, 0.25) is 11.8 Å². The molecule has 2 amide bonds. The molecule has 0 aromatic heterocycles. The Labute approximate surface area is 124 Å². The average Bonchev–Trinajstić information content (AvgIpc) is 3.31. The average molecular weight is 285 g/mol. The lowest BCUT2D eigenvalue weighted by Crippen LogP contribution is -2.35. The first-order valence-electron chi connectivity index (χ1n) is 7.45. The SMILES string of the molecule is O=C(CCN1N=C(c2ccccc2)CCC1=O)NC1CC1. The second-order valence-electron chi connectivity index (χ2n) is 5.52. The standard InChI is InChI=1S/C16H19N3O2/c20-15(17-13-6-7-13)10-11-19-16(21)9-8-14(18-19)12-4-2-1-3-5-12/h1-5,13H,6-11H2,(H,17,20). The summed E-state index contributed by atoms with van der Waals surface area (Å²) in [5.74, 6) is 0.00115. The van der Waals surface area contributed by atoms with Crippen LogP contribution in [0, 0.1) is 0 Å². The number of hydrogen-bond donors (Lipinski definition) is 1. The molecule has 1 aromatic carbocycles. The fourth-order valence-corrected chi connectivity index (χ4v) is 2.35. The van der Waals surface area contributed by atoms with E-state index in [-0.39, 0.29) is 11.8 Å². The third kappa shape index (κ3) is 3.68. The molecule has 0 bridgehead atoms. The van der Waals surface area contributed by atoms with Gasteiger partial charge in [-0.1, -0.05) is 30.3 Å². The number of benzene rings is 1. The molecule has 110 valence electrons. The molecule has 1 heterocycles. The minimum absolute atomic E-state index is 0.00565. The third-order valence-electron chi connectivity index (χ3n) is 3.71. The Bertz CT molecular complexity index is 564. The number of hydrogen-bond acceptors (Lipinski definition) is 3. The Hall–Kier alpha value is -2.17. The molecule has 0 atom stereocenters. The zero-order chi connectivity index (χ0) is 14.7. The molecule has 21 heavy (non-hydrogen) atoms. The summed E-state index contributed by atoms with van der Waals surface area (Å²) in [6, 6.07) is 10.2. The van der Waals surface area contributed by atoms with E-state index in [9.17, 15) is 9.59 Å². The number of nitrogens with zero attached hydrogens (tertiary/aromatic N) is 2. The zero-order valence-corrected chi connectivity index (χ0v) is 11.9. The van der Waals surface area contributed by atoms with Crippen LogP contribution in [0.25, 0.3) is 0 Å². The van der Waals surface area contributed by atoms with Gasteiger partial charge in [0.25, 0.3) is 0 Å². The van der Waals surface area contributed by atoms with Gasteiger partial charge in [0.1, 0.15) is 0 Å². The molecule has 0 radical (unpaired) electrons. The summed E-state index contributed by atoms with van der Waals surface area (Å²) in [4.78, 5) is 23.6. The van der Waals surface area contributed by atoms with E-state index in [1.54, 1.807) is 0 Å². The minimum atomic E-state index is -0.00565. The fraction of sp³-hybridized carbons (Fsp3) is 0.438. The van der Waals surface area contributed by atoms with Crippen molar-refractivity contribution < 1.29 is 9.59 Å². The van der Waals surface area contributed by atoms with Crippen molar-refractivity contribution in [1.29, 1.82) is 0 Å². The predicted octanol–water partition coefficient (Wildman–Crippen LogP) is 1.68. The van der Waals surface area contributed by atoms with Gasteiger partial charge in [-0.15, -0.1) is 0 Å². The van der Waals surface area contributed by atoms with Crippen molar-refractivity contribution in [3.63, 3.8) is 0 Å². The lowest BCUT2D eigenvalue weighted by atomic mass is 10.0. The first kappa shape index (κ1) is 13.8. The van der Waals surface area contributed by atoms with Crippen molar-refractivity contribution in [3.8, 4) is 0 Å². The molecule has 1 aliphatic carbocycles. The van der Waals surface area contributed by atoms with Crippen molar-refractivity contribution >= 4 is 17.5 Å². The molecule has 2 aliphatic rings. The van der Waals surface area contributed by atoms with Gasteiger partial charge in [-0.05, 0) is 18.4 Å². The molecular formula is C16H19N3O2. The Kier molecular flexibility index (Phi) is 3.99. The van der Waals surface area contributed by atoms with Crippen molar-refractivity contribution in [2.45, 2.75) is 38.1 Å². The summed E-state index contributed by atoms with van der Waals surface area (Å²) in [6.07, 6.45) is 3.58. The van der Waals surface area contributed by atoms with Gasteiger partial charge in [-0.3, -0.25) is 9.59 Å². The minimum Gasteiger partial charge on any atom is -0.353 e. The van der Waals surface area contributed by atoms with Gasteiger partial charge in [-0.2, -0.15) is 5.10 Å². The second kappa shape index (κ2) is 6.08. The molecule has 5 heteroatoms. The van der Waals surface area contributed by atoms with Crippen LogP contribution in [0.3, 0.4) is 0 Å². The largest absolute Gasteiger partial charge is 0.353 e. The Morgan fingerprint density at radius 1 is 1.24 bits per heavy atom. The van der Waals surface area contributed by atoms with Crippen LogP contribution >= 0.6 is 0 Å². The monoisotopic (exact) mass is 285 g/mol. The summed E-state index contributed by atoms with van der Waals surface area (Å²) in [7, 11) is 0. The summed E-state index contributed by atoms with van der Waals surface area (Å²) in [5.41, 5.74) is 1.95. The Morgan fingerprint density at radius 3 is 2.71 bits per heavy atom. The van der Waals surface area contributed by atoms with Gasteiger partial charge in [0.15, 0.2) is 0 Å². The smallest absolute Gasteiger partial charge is 0.243 e. The number of carbonyl (C=O) groups is 2. The van der Waals surface area contributed by atoms with E-state index in [4.69, 9.17) is 0 Å². The topological polar surface area (TPSA) is 61.8 Å². The molecule has 0 unspecified atom stereocenters. The lowest BCUT2D eigenvalue weighted by molar-refractivity contribution is -0.132. The molecule has 1 saturated carbocycles. The summed E-state index contributed by atoms with van der Waals surface area (Å²) >= 11 is 0. The van der Waals surface area contributed by atoms with Crippen molar-refractivity contribution in [2.24, 2.45) is 5.10 Å². The summed E-state index contributed by atoms with van der Waals surface area (Å²) in [6.45, 7) is 0.355. The lowest BCUT2D eigenvalue weighted by Gasteiger charge is -2.23. The van der Waals surface area contributed by atoms with Gasteiger partial charge < -0.3 is 5.32 Å². The van der Waals surface area contributed by atoms with E-state index < -0.39 is 0 Å². The van der Waals surface area contributed by atoms with E-state index in [0.29, 0.717) is 31.8 Å². The molecule has 0 saturated heterocycles. The third-order valence-corrected chi connectivity index (χ3v) is 3.71. The quantitative estimate of drug-likeness (QED) is 0.894. The molecule has 1 fully saturated rings. The Balaban J connectivity index is 1.62. The maximum absolute atomic E-state index is 11.9. The van der Waals surface area contributed by atoms with Crippen molar-refractivity contribution in [2.75, 3.05) is 6.54 Å². The molecule has 1 aromatic rings. The van der Waals surface area contributed by atoms with E-state index >= 15 is 0 Å².